The summed E-state index contributed by atoms with van der Waals surface area (Å²) in [5, 5.41) is 0. The number of hydrogen-bond acceptors (Lipinski definition) is 6. The van der Waals surface area contributed by atoms with Crippen LogP contribution in [0, 0.1) is 0 Å². The zero-order valence-electron chi connectivity index (χ0n) is 17.7. The van der Waals surface area contributed by atoms with Gasteiger partial charge in [-0.1, -0.05) is 6.92 Å². The summed E-state index contributed by atoms with van der Waals surface area (Å²) < 4.78 is 5.86. The highest BCUT2D eigenvalue weighted by Crippen LogP contribution is 2.33. The zero-order valence-corrected chi connectivity index (χ0v) is 19.3. The molecule has 7 nitrogen and oxygen atoms in total. The van der Waals surface area contributed by atoms with Gasteiger partial charge in [0, 0.05) is 77.3 Å². The number of piperidine rings is 1. The van der Waals surface area contributed by atoms with Gasteiger partial charge in [-0.2, -0.15) is 0 Å². The molecule has 166 valence electrons. The van der Waals surface area contributed by atoms with Crippen LogP contribution in [0.4, 0.5) is 4.79 Å². The lowest BCUT2D eigenvalue weighted by atomic mass is 9.90. The second-order valence-corrected chi connectivity index (χ2v) is 9.01. The van der Waals surface area contributed by atoms with E-state index in [4.69, 9.17) is 10.5 Å². The molecule has 3 aliphatic heterocycles. The maximum atomic E-state index is 12.4. The normalized spacial score (nSPS) is 24.0. The Bertz CT molecular complexity index is 487. The van der Waals surface area contributed by atoms with E-state index in [0.717, 1.165) is 84.8 Å². The summed E-state index contributed by atoms with van der Waals surface area (Å²) in [4.78, 5) is 21.6. The smallest absolute Gasteiger partial charge is 0.410 e. The van der Waals surface area contributed by atoms with Gasteiger partial charge in [-0.25, -0.2) is 4.79 Å². The molecule has 0 aliphatic carbocycles. The molecule has 0 aromatic rings. The molecule has 0 aromatic carbocycles. The molecule has 1 amide bonds. The van der Waals surface area contributed by atoms with Crippen LogP contribution < -0.4 is 5.73 Å². The Kier molecular flexibility index (Phi) is 9.78. The summed E-state index contributed by atoms with van der Waals surface area (Å²) in [5.41, 5.74) is 5.69. The summed E-state index contributed by atoms with van der Waals surface area (Å²) in [6, 6.07) is 0. The standard InChI is InChI=1S/C19H37N5O2.2ClH/c1-4-21-9-11-22(12-10-21)13-14-24-16-19(26-17(24)25)5-7-23(8-6-19)15-18(2,3)20;;/h4-16,20H2,1-3H3;2*1H. The lowest BCUT2D eigenvalue weighted by Gasteiger charge is -2.39. The first-order valence-electron chi connectivity index (χ1n) is 10.2. The monoisotopic (exact) mass is 439 g/mol. The number of carbonyl (C=O) groups excluding carboxylic acids is 1. The molecule has 0 aromatic heterocycles. The predicted molar refractivity (Wildman–Crippen MR) is 118 cm³/mol. The SMILES string of the molecule is CCN1CCN(CCN2CC3(CCN(CC(C)(C)N)CC3)OC2=O)CC1.Cl.Cl. The Balaban J connectivity index is 0.00000196. The summed E-state index contributed by atoms with van der Waals surface area (Å²) in [7, 11) is 0. The van der Waals surface area contributed by atoms with Gasteiger partial charge in [-0.15, -0.1) is 24.8 Å². The van der Waals surface area contributed by atoms with Crippen LogP contribution in [0.2, 0.25) is 0 Å². The molecule has 0 radical (unpaired) electrons. The maximum Gasteiger partial charge on any atom is 0.410 e. The summed E-state index contributed by atoms with van der Waals surface area (Å²) in [6.45, 7) is 17.3. The van der Waals surface area contributed by atoms with Crippen molar-refractivity contribution in [1.82, 2.24) is 19.6 Å². The zero-order chi connectivity index (χ0) is 18.8. The van der Waals surface area contributed by atoms with Crippen LogP contribution in [-0.4, -0.2) is 109 Å². The third kappa shape index (κ3) is 6.89. The number of likely N-dealkylation sites (N-methyl/N-ethyl adjacent to an activating group) is 1. The Morgan fingerprint density at radius 1 is 0.964 bits per heavy atom. The number of likely N-dealkylation sites (tertiary alicyclic amines) is 1. The minimum atomic E-state index is -0.271. The van der Waals surface area contributed by atoms with Gasteiger partial charge in [0.1, 0.15) is 5.60 Å². The van der Waals surface area contributed by atoms with E-state index in [1.54, 1.807) is 0 Å². The Hall–Kier alpha value is -0.310. The van der Waals surface area contributed by atoms with Gasteiger partial charge in [0.2, 0.25) is 0 Å². The second kappa shape index (κ2) is 10.6. The molecule has 3 aliphatic rings. The molecule has 0 atom stereocenters. The van der Waals surface area contributed by atoms with Crippen molar-refractivity contribution in [3.8, 4) is 0 Å². The van der Waals surface area contributed by atoms with Crippen molar-refractivity contribution >= 4 is 30.9 Å². The number of hydrogen-bond donors (Lipinski definition) is 1. The van der Waals surface area contributed by atoms with Crippen LogP contribution in [0.1, 0.15) is 33.6 Å². The minimum absolute atomic E-state index is 0. The Morgan fingerprint density at radius 2 is 1.54 bits per heavy atom. The third-order valence-electron chi connectivity index (χ3n) is 6.04. The van der Waals surface area contributed by atoms with Gasteiger partial charge < -0.3 is 25.2 Å². The first-order chi connectivity index (χ1) is 12.3. The molecule has 1 spiro atoms. The molecule has 9 heteroatoms. The number of ether oxygens (including phenoxy) is 1. The molecule has 0 bridgehead atoms. The van der Waals surface area contributed by atoms with E-state index in [9.17, 15) is 4.79 Å². The number of nitrogens with zero attached hydrogens (tertiary/aromatic N) is 4. The number of rotatable bonds is 6. The van der Waals surface area contributed by atoms with E-state index in [1.165, 1.54) is 0 Å². The molecule has 0 unspecified atom stereocenters. The van der Waals surface area contributed by atoms with Crippen LogP contribution >= 0.6 is 24.8 Å². The highest BCUT2D eigenvalue weighted by molar-refractivity contribution is 5.85. The fraction of sp³-hybridized carbons (Fsp3) is 0.947. The first-order valence-corrected chi connectivity index (χ1v) is 10.2. The molecule has 0 saturated carbocycles. The molecule has 3 heterocycles. The highest BCUT2D eigenvalue weighted by atomic mass is 35.5. The number of carbonyl (C=O) groups is 1. The number of halogens is 2. The fourth-order valence-corrected chi connectivity index (χ4v) is 4.41. The van der Waals surface area contributed by atoms with E-state index in [2.05, 4.69) is 35.5 Å². The van der Waals surface area contributed by atoms with Crippen molar-refractivity contribution in [2.45, 2.75) is 44.8 Å². The average Bonchev–Trinajstić information content (AvgIpc) is 2.90. The van der Waals surface area contributed by atoms with Gasteiger partial charge in [0.05, 0.1) is 6.54 Å². The van der Waals surface area contributed by atoms with Crippen LogP contribution in [0.5, 0.6) is 0 Å². The van der Waals surface area contributed by atoms with Crippen LogP contribution in [0.25, 0.3) is 0 Å². The molecule has 3 saturated heterocycles. The predicted octanol–water partition coefficient (Wildman–Crippen LogP) is 1.49. The number of nitrogens with two attached hydrogens (primary N) is 1. The van der Waals surface area contributed by atoms with E-state index in [-0.39, 0.29) is 42.0 Å². The number of amides is 1. The van der Waals surface area contributed by atoms with Crippen molar-refractivity contribution in [2.75, 3.05) is 72.0 Å². The topological polar surface area (TPSA) is 65.3 Å². The Labute approximate surface area is 182 Å². The summed E-state index contributed by atoms with van der Waals surface area (Å²) >= 11 is 0. The first kappa shape index (κ1) is 25.7. The lowest BCUT2D eigenvalue weighted by molar-refractivity contribution is -0.00292. The highest BCUT2D eigenvalue weighted by Gasteiger charge is 2.47. The third-order valence-corrected chi connectivity index (χ3v) is 6.04. The number of piperazine rings is 1. The van der Waals surface area contributed by atoms with Gasteiger partial charge >= 0.3 is 6.09 Å². The van der Waals surface area contributed by atoms with Crippen LogP contribution in [0.3, 0.4) is 0 Å². The second-order valence-electron chi connectivity index (χ2n) is 9.01. The quantitative estimate of drug-likeness (QED) is 0.675. The summed E-state index contributed by atoms with van der Waals surface area (Å²) in [5.74, 6) is 0. The molecular formula is C19H39Cl2N5O2. The minimum Gasteiger partial charge on any atom is -0.441 e. The molecular weight excluding hydrogens is 401 g/mol. The van der Waals surface area contributed by atoms with Crippen molar-refractivity contribution in [3.63, 3.8) is 0 Å². The van der Waals surface area contributed by atoms with Gasteiger partial charge in [0.25, 0.3) is 0 Å². The van der Waals surface area contributed by atoms with Crippen LogP contribution in [-0.2, 0) is 4.74 Å². The molecule has 28 heavy (non-hydrogen) atoms. The van der Waals surface area contributed by atoms with E-state index in [1.807, 2.05) is 4.90 Å². The van der Waals surface area contributed by atoms with Crippen molar-refractivity contribution in [3.05, 3.63) is 0 Å². The van der Waals surface area contributed by atoms with Gasteiger partial charge in [-0.3, -0.25) is 4.90 Å². The van der Waals surface area contributed by atoms with Gasteiger partial charge in [0.15, 0.2) is 0 Å². The summed E-state index contributed by atoms with van der Waals surface area (Å²) in [6.07, 6.45) is 1.71. The molecule has 2 N–H and O–H groups in total. The fourth-order valence-electron chi connectivity index (χ4n) is 4.41. The maximum absolute atomic E-state index is 12.4. The van der Waals surface area contributed by atoms with Crippen molar-refractivity contribution in [2.24, 2.45) is 5.73 Å². The Morgan fingerprint density at radius 3 is 2.07 bits per heavy atom. The lowest BCUT2D eigenvalue weighted by Crippen LogP contribution is -2.52. The largest absolute Gasteiger partial charge is 0.441 e. The van der Waals surface area contributed by atoms with Crippen molar-refractivity contribution < 1.29 is 9.53 Å². The molecule has 3 fully saturated rings. The van der Waals surface area contributed by atoms with Gasteiger partial charge in [-0.05, 0) is 20.4 Å². The van der Waals surface area contributed by atoms with E-state index < -0.39 is 0 Å². The van der Waals surface area contributed by atoms with Crippen molar-refractivity contribution in [1.29, 1.82) is 0 Å². The van der Waals surface area contributed by atoms with E-state index >= 15 is 0 Å². The molecule has 3 rings (SSSR count). The average molecular weight is 440 g/mol. The van der Waals surface area contributed by atoms with Crippen LogP contribution in [0.15, 0.2) is 0 Å². The van der Waals surface area contributed by atoms with E-state index in [0.29, 0.717) is 0 Å².